The van der Waals surface area contributed by atoms with Crippen LogP contribution >= 0.6 is 11.8 Å². The molecule has 1 aromatic rings. The van der Waals surface area contributed by atoms with E-state index in [0.717, 1.165) is 16.0 Å². The molecule has 12 heavy (non-hydrogen) atoms. The molecule has 0 spiro atoms. The van der Waals surface area contributed by atoms with Crippen LogP contribution in [0.5, 0.6) is 0 Å². The van der Waals surface area contributed by atoms with E-state index in [2.05, 4.69) is 9.97 Å². The quantitative estimate of drug-likeness (QED) is 0.654. The summed E-state index contributed by atoms with van der Waals surface area (Å²) in [5.41, 5.74) is 1.13. The first-order valence-corrected chi connectivity index (χ1v) is 5.18. The second-order valence-corrected chi connectivity index (χ2v) is 4.48. The molecular formula is C9H12N2S. The molecule has 3 heteroatoms. The lowest BCUT2D eigenvalue weighted by Crippen LogP contribution is -2.13. The molecule has 0 N–H and O–H groups in total. The van der Waals surface area contributed by atoms with Crippen LogP contribution in [0, 0.1) is 6.92 Å². The molecule has 0 amide bonds. The highest BCUT2D eigenvalue weighted by atomic mass is 32.2. The summed E-state index contributed by atoms with van der Waals surface area (Å²) in [4.78, 5) is 8.50. The summed E-state index contributed by atoms with van der Waals surface area (Å²) >= 11 is 1.82. The first kappa shape index (κ1) is 8.05. The smallest absolute Gasteiger partial charge is 0.187 e. The third-order valence-corrected chi connectivity index (χ3v) is 3.31. The SMILES string of the molecule is Cc1cnc(SC2CCC2)nc1. The van der Waals surface area contributed by atoms with Gasteiger partial charge >= 0.3 is 0 Å². The van der Waals surface area contributed by atoms with E-state index in [1.807, 2.05) is 31.1 Å². The maximum atomic E-state index is 4.25. The second-order valence-electron chi connectivity index (χ2n) is 3.21. The summed E-state index contributed by atoms with van der Waals surface area (Å²) in [6, 6.07) is 0. The van der Waals surface area contributed by atoms with E-state index < -0.39 is 0 Å². The van der Waals surface area contributed by atoms with E-state index >= 15 is 0 Å². The van der Waals surface area contributed by atoms with Crippen molar-refractivity contribution in [3.8, 4) is 0 Å². The Morgan fingerprint density at radius 2 is 2.00 bits per heavy atom. The van der Waals surface area contributed by atoms with Gasteiger partial charge in [-0.25, -0.2) is 9.97 Å². The van der Waals surface area contributed by atoms with Gasteiger partial charge in [-0.1, -0.05) is 18.2 Å². The predicted molar refractivity (Wildman–Crippen MR) is 50.3 cm³/mol. The Morgan fingerprint density at radius 1 is 1.33 bits per heavy atom. The first-order chi connectivity index (χ1) is 5.84. The van der Waals surface area contributed by atoms with E-state index in [9.17, 15) is 0 Å². The van der Waals surface area contributed by atoms with Crippen molar-refractivity contribution in [1.29, 1.82) is 0 Å². The fraction of sp³-hybridized carbons (Fsp3) is 0.556. The number of rotatable bonds is 2. The van der Waals surface area contributed by atoms with Crippen LogP contribution < -0.4 is 0 Å². The highest BCUT2D eigenvalue weighted by Gasteiger charge is 2.19. The van der Waals surface area contributed by atoms with E-state index in [-0.39, 0.29) is 0 Å². The molecule has 1 aliphatic carbocycles. The lowest BCUT2D eigenvalue weighted by atomic mass is 10.0. The average molecular weight is 180 g/mol. The zero-order valence-electron chi connectivity index (χ0n) is 7.16. The van der Waals surface area contributed by atoms with E-state index in [1.165, 1.54) is 19.3 Å². The van der Waals surface area contributed by atoms with Gasteiger partial charge in [0.2, 0.25) is 0 Å². The molecule has 1 heterocycles. The molecule has 0 aromatic carbocycles. The van der Waals surface area contributed by atoms with E-state index in [0.29, 0.717) is 0 Å². The number of thioether (sulfide) groups is 1. The fourth-order valence-electron chi connectivity index (χ4n) is 1.08. The second kappa shape index (κ2) is 3.44. The number of hydrogen-bond donors (Lipinski definition) is 0. The van der Waals surface area contributed by atoms with Crippen LogP contribution in [0.3, 0.4) is 0 Å². The van der Waals surface area contributed by atoms with Crippen molar-refractivity contribution < 1.29 is 0 Å². The third kappa shape index (κ3) is 1.78. The van der Waals surface area contributed by atoms with Gasteiger partial charge in [-0.15, -0.1) is 0 Å². The van der Waals surface area contributed by atoms with Gasteiger partial charge in [-0.2, -0.15) is 0 Å². The molecule has 1 aliphatic rings. The molecule has 0 bridgehead atoms. The molecular weight excluding hydrogens is 168 g/mol. The topological polar surface area (TPSA) is 25.8 Å². The molecule has 0 atom stereocenters. The molecule has 0 saturated heterocycles. The standard InChI is InChI=1S/C9H12N2S/c1-7-5-10-9(11-6-7)12-8-3-2-4-8/h5-6,8H,2-4H2,1H3. The van der Waals surface area contributed by atoms with Gasteiger partial charge in [0, 0.05) is 17.6 Å². The molecule has 64 valence electrons. The minimum atomic E-state index is 0.785. The number of nitrogens with zero attached hydrogens (tertiary/aromatic N) is 2. The Bertz CT molecular complexity index is 254. The van der Waals surface area contributed by atoms with Crippen LogP contribution in [-0.4, -0.2) is 15.2 Å². The Kier molecular flexibility index (Phi) is 2.30. The van der Waals surface area contributed by atoms with Gasteiger partial charge in [-0.05, 0) is 25.3 Å². The average Bonchev–Trinajstić information content (AvgIpc) is 2.00. The number of hydrogen-bond acceptors (Lipinski definition) is 3. The molecule has 0 radical (unpaired) electrons. The largest absolute Gasteiger partial charge is 0.231 e. The van der Waals surface area contributed by atoms with Crippen molar-refractivity contribution in [3.05, 3.63) is 18.0 Å². The molecule has 1 saturated carbocycles. The maximum absolute atomic E-state index is 4.25. The summed E-state index contributed by atoms with van der Waals surface area (Å²) in [7, 11) is 0. The zero-order valence-corrected chi connectivity index (χ0v) is 7.97. The summed E-state index contributed by atoms with van der Waals surface area (Å²) in [5.74, 6) is 0. The fourth-order valence-corrected chi connectivity index (χ4v) is 2.17. The minimum Gasteiger partial charge on any atom is -0.231 e. The lowest BCUT2D eigenvalue weighted by Gasteiger charge is -2.23. The molecule has 2 rings (SSSR count). The van der Waals surface area contributed by atoms with Gasteiger partial charge in [0.05, 0.1) is 0 Å². The number of aromatic nitrogens is 2. The van der Waals surface area contributed by atoms with Gasteiger partial charge < -0.3 is 0 Å². The summed E-state index contributed by atoms with van der Waals surface area (Å²) in [5, 5.41) is 1.72. The predicted octanol–water partition coefficient (Wildman–Crippen LogP) is 2.43. The van der Waals surface area contributed by atoms with Crippen molar-refractivity contribution in [3.63, 3.8) is 0 Å². The normalized spacial score (nSPS) is 17.4. The Balaban J connectivity index is 1.98. The van der Waals surface area contributed by atoms with E-state index in [4.69, 9.17) is 0 Å². The van der Waals surface area contributed by atoms with Crippen LogP contribution in [0.25, 0.3) is 0 Å². The van der Waals surface area contributed by atoms with Crippen LogP contribution in [0.1, 0.15) is 24.8 Å². The summed E-state index contributed by atoms with van der Waals surface area (Å²) in [6.45, 7) is 2.01. The number of aryl methyl sites for hydroxylation is 1. The van der Waals surface area contributed by atoms with Gasteiger partial charge in [-0.3, -0.25) is 0 Å². The highest BCUT2D eigenvalue weighted by molar-refractivity contribution is 7.99. The maximum Gasteiger partial charge on any atom is 0.187 e. The third-order valence-electron chi connectivity index (χ3n) is 2.08. The Labute approximate surface area is 76.8 Å². The van der Waals surface area contributed by atoms with Gasteiger partial charge in [0.25, 0.3) is 0 Å². The minimum absolute atomic E-state index is 0.785. The van der Waals surface area contributed by atoms with Crippen LogP contribution in [0.4, 0.5) is 0 Å². The lowest BCUT2D eigenvalue weighted by molar-refractivity contribution is 0.521. The monoisotopic (exact) mass is 180 g/mol. The summed E-state index contributed by atoms with van der Waals surface area (Å²) in [6.07, 6.45) is 7.81. The van der Waals surface area contributed by atoms with Crippen molar-refractivity contribution in [2.75, 3.05) is 0 Å². The van der Waals surface area contributed by atoms with Crippen molar-refractivity contribution in [1.82, 2.24) is 9.97 Å². The van der Waals surface area contributed by atoms with Crippen molar-refractivity contribution >= 4 is 11.8 Å². The van der Waals surface area contributed by atoms with Gasteiger partial charge in [0.1, 0.15) is 0 Å². The molecule has 1 aromatic heterocycles. The highest BCUT2D eigenvalue weighted by Crippen LogP contribution is 2.34. The molecule has 0 aliphatic heterocycles. The van der Waals surface area contributed by atoms with Crippen LogP contribution in [-0.2, 0) is 0 Å². The molecule has 1 fully saturated rings. The Hall–Kier alpha value is -0.570. The Morgan fingerprint density at radius 3 is 2.50 bits per heavy atom. The van der Waals surface area contributed by atoms with E-state index in [1.54, 1.807) is 0 Å². The van der Waals surface area contributed by atoms with Crippen molar-refractivity contribution in [2.45, 2.75) is 36.6 Å². The zero-order chi connectivity index (χ0) is 8.39. The van der Waals surface area contributed by atoms with Crippen LogP contribution in [0.2, 0.25) is 0 Å². The summed E-state index contributed by atoms with van der Waals surface area (Å²) < 4.78 is 0. The van der Waals surface area contributed by atoms with Crippen LogP contribution in [0.15, 0.2) is 17.6 Å². The first-order valence-electron chi connectivity index (χ1n) is 4.30. The molecule has 0 unspecified atom stereocenters. The molecule has 2 nitrogen and oxygen atoms in total. The van der Waals surface area contributed by atoms with Gasteiger partial charge in [0.15, 0.2) is 5.16 Å². The van der Waals surface area contributed by atoms with Crippen molar-refractivity contribution in [2.24, 2.45) is 0 Å².